The van der Waals surface area contributed by atoms with Gasteiger partial charge in [-0.25, -0.2) is 9.59 Å². The Hall–Kier alpha value is -4.34. The molecule has 36 heavy (non-hydrogen) atoms. The van der Waals surface area contributed by atoms with Gasteiger partial charge >= 0.3 is 11.9 Å². The zero-order valence-corrected chi connectivity index (χ0v) is 21.1. The molecule has 1 atom stereocenters. The van der Waals surface area contributed by atoms with Gasteiger partial charge in [0.2, 0.25) is 0 Å². The van der Waals surface area contributed by atoms with Crippen LogP contribution in [0, 0.1) is 0 Å². The van der Waals surface area contributed by atoms with E-state index in [0.717, 1.165) is 0 Å². The molecule has 0 saturated heterocycles. The summed E-state index contributed by atoms with van der Waals surface area (Å²) in [6.07, 6.45) is 1.70. The fourth-order valence-electron chi connectivity index (χ4n) is 3.80. The third kappa shape index (κ3) is 5.65. The number of hydrogen-bond donors (Lipinski definition) is 2. The van der Waals surface area contributed by atoms with Crippen molar-refractivity contribution in [2.75, 3.05) is 53.3 Å². The molecule has 0 amide bonds. The van der Waals surface area contributed by atoms with Gasteiger partial charge in [0.15, 0.2) is 0 Å². The fraction of sp³-hybridized carbons (Fsp3) is 0.308. The Labute approximate surface area is 209 Å². The average Bonchev–Trinajstić information content (AvgIpc) is 2.92. The van der Waals surface area contributed by atoms with Crippen LogP contribution in [-0.2, 0) is 19.1 Å². The van der Waals surface area contributed by atoms with Crippen LogP contribution in [0.15, 0.2) is 59.3 Å². The van der Waals surface area contributed by atoms with Crippen molar-refractivity contribution in [3.8, 4) is 23.0 Å². The Balaban J connectivity index is 2.04. The molecule has 0 aromatic heterocycles. The molecule has 0 aliphatic heterocycles. The number of rotatable bonds is 10. The topological polar surface area (TPSA) is 114 Å². The van der Waals surface area contributed by atoms with Crippen molar-refractivity contribution in [3.05, 3.63) is 59.3 Å². The van der Waals surface area contributed by atoms with Crippen LogP contribution in [0.25, 0.3) is 0 Å². The molecule has 0 spiro atoms. The molecule has 2 aromatic rings. The van der Waals surface area contributed by atoms with Crippen LogP contribution in [0.2, 0.25) is 0 Å². The lowest BCUT2D eigenvalue weighted by Gasteiger charge is -2.28. The summed E-state index contributed by atoms with van der Waals surface area (Å²) in [5.74, 6) is 1.12. The summed E-state index contributed by atoms with van der Waals surface area (Å²) in [5.41, 5.74) is 2.19. The van der Waals surface area contributed by atoms with Gasteiger partial charge in [-0.3, -0.25) is 0 Å². The van der Waals surface area contributed by atoms with Crippen molar-refractivity contribution in [3.63, 3.8) is 0 Å². The molecule has 0 fully saturated rings. The van der Waals surface area contributed by atoms with Gasteiger partial charge in [-0.2, -0.15) is 0 Å². The third-order valence-electron chi connectivity index (χ3n) is 5.68. The molecule has 1 aliphatic carbocycles. The highest BCUT2D eigenvalue weighted by Gasteiger charge is 2.32. The molecule has 10 nitrogen and oxygen atoms in total. The maximum absolute atomic E-state index is 12.8. The highest BCUT2D eigenvalue weighted by Crippen LogP contribution is 2.36. The summed E-state index contributed by atoms with van der Waals surface area (Å²) in [6, 6.07) is 9.83. The standard InChI is InChI=1S/C26H30N2O8/c1-31-15-7-9-19(23(11-15)33-3)27-21-13-18(26(30)36-6)22(14-17(21)25(29)35-5)28-20-10-8-16(32-2)12-24(20)34-4/h7-13,22,27-28H,14H2,1-6H3. The maximum atomic E-state index is 12.8. The molecule has 2 aromatic carbocycles. The highest BCUT2D eigenvalue weighted by molar-refractivity contribution is 5.97. The molecule has 0 heterocycles. The van der Waals surface area contributed by atoms with E-state index in [1.807, 2.05) is 0 Å². The number of anilines is 2. The summed E-state index contributed by atoms with van der Waals surface area (Å²) in [6.45, 7) is 0. The van der Waals surface area contributed by atoms with Gasteiger partial charge in [-0.15, -0.1) is 0 Å². The Morgan fingerprint density at radius 2 is 1.31 bits per heavy atom. The monoisotopic (exact) mass is 498 g/mol. The maximum Gasteiger partial charge on any atom is 0.335 e. The predicted molar refractivity (Wildman–Crippen MR) is 134 cm³/mol. The molecular weight excluding hydrogens is 468 g/mol. The predicted octanol–water partition coefficient (Wildman–Crippen LogP) is 3.54. The van der Waals surface area contributed by atoms with Crippen molar-refractivity contribution in [1.82, 2.24) is 0 Å². The molecule has 192 valence electrons. The first-order chi connectivity index (χ1) is 17.4. The third-order valence-corrected chi connectivity index (χ3v) is 5.68. The molecule has 0 bridgehead atoms. The minimum atomic E-state index is -0.614. The van der Waals surface area contributed by atoms with Gasteiger partial charge in [0.1, 0.15) is 23.0 Å². The highest BCUT2D eigenvalue weighted by atomic mass is 16.5. The van der Waals surface area contributed by atoms with Gasteiger partial charge < -0.3 is 39.1 Å². The van der Waals surface area contributed by atoms with Crippen molar-refractivity contribution >= 4 is 23.3 Å². The van der Waals surface area contributed by atoms with E-state index < -0.39 is 18.0 Å². The molecule has 2 N–H and O–H groups in total. The van der Waals surface area contributed by atoms with E-state index in [1.54, 1.807) is 56.7 Å². The molecule has 10 heteroatoms. The molecular formula is C26H30N2O8. The molecule has 0 radical (unpaired) electrons. The molecule has 1 unspecified atom stereocenters. The van der Waals surface area contributed by atoms with Gasteiger partial charge in [-0.1, -0.05) is 0 Å². The first kappa shape index (κ1) is 26.3. The number of hydrogen-bond acceptors (Lipinski definition) is 10. The summed E-state index contributed by atoms with van der Waals surface area (Å²) in [4.78, 5) is 25.6. The zero-order chi connectivity index (χ0) is 26.2. The van der Waals surface area contributed by atoms with Crippen molar-refractivity contribution in [2.45, 2.75) is 12.5 Å². The number of benzene rings is 2. The fourth-order valence-corrected chi connectivity index (χ4v) is 3.80. The van der Waals surface area contributed by atoms with Crippen LogP contribution in [0.3, 0.4) is 0 Å². The SMILES string of the molecule is COC(=O)C1=CC(Nc2ccc(OC)cc2OC)=C(C(=O)OC)CC1Nc1ccc(OC)cc1OC. The zero-order valence-electron chi connectivity index (χ0n) is 21.1. The number of nitrogens with one attached hydrogen (secondary N) is 2. The van der Waals surface area contributed by atoms with Crippen molar-refractivity contribution in [1.29, 1.82) is 0 Å². The average molecular weight is 499 g/mol. The van der Waals surface area contributed by atoms with Crippen LogP contribution in [0.5, 0.6) is 23.0 Å². The van der Waals surface area contributed by atoms with E-state index in [4.69, 9.17) is 28.4 Å². The van der Waals surface area contributed by atoms with Crippen LogP contribution in [-0.4, -0.2) is 60.6 Å². The lowest BCUT2D eigenvalue weighted by molar-refractivity contribution is -0.138. The molecule has 0 saturated carbocycles. The number of ether oxygens (including phenoxy) is 6. The first-order valence-electron chi connectivity index (χ1n) is 11.0. The Morgan fingerprint density at radius 3 is 1.83 bits per heavy atom. The van der Waals surface area contributed by atoms with Gasteiger partial charge in [0, 0.05) is 24.3 Å². The second-order valence-corrected chi connectivity index (χ2v) is 7.63. The summed E-state index contributed by atoms with van der Waals surface area (Å²) >= 11 is 0. The van der Waals surface area contributed by atoms with Crippen LogP contribution < -0.4 is 29.6 Å². The van der Waals surface area contributed by atoms with E-state index in [9.17, 15) is 9.59 Å². The molecule has 1 aliphatic rings. The quantitative estimate of drug-likeness (QED) is 0.472. The van der Waals surface area contributed by atoms with Crippen LogP contribution >= 0.6 is 0 Å². The number of carbonyl (C=O) groups is 2. The summed E-state index contributed by atoms with van der Waals surface area (Å²) in [5, 5.41) is 6.48. The molecule has 3 rings (SSSR count). The Kier molecular flexibility index (Phi) is 8.66. The number of allylic oxidation sites excluding steroid dienone is 1. The van der Waals surface area contributed by atoms with E-state index in [-0.39, 0.29) is 6.42 Å². The van der Waals surface area contributed by atoms with Crippen molar-refractivity contribution in [2.24, 2.45) is 0 Å². The summed E-state index contributed by atoms with van der Waals surface area (Å²) in [7, 11) is 8.76. The second-order valence-electron chi connectivity index (χ2n) is 7.63. The first-order valence-corrected chi connectivity index (χ1v) is 11.0. The van der Waals surface area contributed by atoms with Crippen LogP contribution in [0.1, 0.15) is 6.42 Å². The van der Waals surface area contributed by atoms with Crippen molar-refractivity contribution < 1.29 is 38.0 Å². The lowest BCUT2D eigenvalue weighted by Crippen LogP contribution is -2.33. The van der Waals surface area contributed by atoms with E-state index in [1.165, 1.54) is 28.4 Å². The minimum absolute atomic E-state index is 0.129. The smallest absolute Gasteiger partial charge is 0.335 e. The minimum Gasteiger partial charge on any atom is -0.497 e. The largest absolute Gasteiger partial charge is 0.497 e. The van der Waals surface area contributed by atoms with Crippen LogP contribution in [0.4, 0.5) is 11.4 Å². The van der Waals surface area contributed by atoms with E-state index in [0.29, 0.717) is 51.2 Å². The number of methoxy groups -OCH3 is 6. The Bertz CT molecular complexity index is 1190. The van der Waals surface area contributed by atoms with E-state index in [2.05, 4.69) is 10.6 Å². The number of carbonyl (C=O) groups excluding carboxylic acids is 2. The number of esters is 2. The van der Waals surface area contributed by atoms with Gasteiger partial charge in [-0.05, 0) is 30.3 Å². The van der Waals surface area contributed by atoms with Gasteiger partial charge in [0.25, 0.3) is 0 Å². The normalized spacial score (nSPS) is 14.8. The summed E-state index contributed by atoms with van der Waals surface area (Å²) < 4.78 is 31.5. The Morgan fingerprint density at radius 1 is 0.750 bits per heavy atom. The van der Waals surface area contributed by atoms with E-state index >= 15 is 0 Å². The second kappa shape index (κ2) is 11.9. The lowest BCUT2D eigenvalue weighted by atomic mass is 9.90. The van der Waals surface area contributed by atoms with Gasteiger partial charge in [0.05, 0.1) is 71.2 Å².